The first-order valence-corrected chi connectivity index (χ1v) is 9.23. The van der Waals surface area contributed by atoms with Crippen LogP contribution in [0.4, 0.5) is 0 Å². The number of hydrogen-bond donors (Lipinski definition) is 2. The molecule has 2 nitrogen and oxygen atoms in total. The quantitative estimate of drug-likeness (QED) is 0.658. The molecule has 1 aliphatic carbocycles. The van der Waals surface area contributed by atoms with Crippen LogP contribution in [0.25, 0.3) is 10.8 Å². The number of phenolic OH excluding ortho intramolecular Hbond substituents is 1. The zero-order valence-corrected chi connectivity index (χ0v) is 14.7. The molecule has 0 aliphatic heterocycles. The van der Waals surface area contributed by atoms with Gasteiger partial charge in [0, 0.05) is 12.1 Å². The van der Waals surface area contributed by atoms with Gasteiger partial charge >= 0.3 is 0 Å². The van der Waals surface area contributed by atoms with Crippen molar-refractivity contribution in [1.29, 1.82) is 0 Å². The summed E-state index contributed by atoms with van der Waals surface area (Å²) in [5.74, 6) is 0.943. The summed E-state index contributed by atoms with van der Waals surface area (Å²) in [7, 11) is 0. The molecular weight excluding hydrogens is 306 g/mol. The summed E-state index contributed by atoms with van der Waals surface area (Å²) in [5, 5.41) is 16.0. The highest BCUT2D eigenvalue weighted by Crippen LogP contribution is 2.36. The Hall–Kier alpha value is -2.32. The highest BCUT2D eigenvalue weighted by atomic mass is 16.3. The number of phenols is 1. The van der Waals surface area contributed by atoms with Crippen LogP contribution in [0.3, 0.4) is 0 Å². The van der Waals surface area contributed by atoms with Crippen LogP contribution in [0.2, 0.25) is 0 Å². The number of benzene rings is 3. The van der Waals surface area contributed by atoms with Gasteiger partial charge in [-0.25, -0.2) is 0 Å². The third kappa shape index (κ3) is 3.40. The number of fused-ring (bicyclic) bond motifs is 1. The van der Waals surface area contributed by atoms with Crippen molar-refractivity contribution in [1.82, 2.24) is 5.32 Å². The lowest BCUT2D eigenvalue weighted by molar-refractivity contribution is 0.458. The van der Waals surface area contributed by atoms with Gasteiger partial charge < -0.3 is 10.4 Å². The van der Waals surface area contributed by atoms with E-state index in [4.69, 9.17) is 0 Å². The maximum absolute atomic E-state index is 9.47. The van der Waals surface area contributed by atoms with Gasteiger partial charge in [-0.2, -0.15) is 0 Å². The van der Waals surface area contributed by atoms with E-state index in [9.17, 15) is 5.11 Å². The second kappa shape index (κ2) is 6.89. The molecule has 2 heteroatoms. The Morgan fingerprint density at radius 2 is 1.68 bits per heavy atom. The minimum Gasteiger partial charge on any atom is -0.508 e. The summed E-state index contributed by atoms with van der Waals surface area (Å²) in [6, 6.07) is 23.8. The minimum absolute atomic E-state index is 0.342. The maximum Gasteiger partial charge on any atom is 0.115 e. The molecule has 128 valence electrons. The third-order valence-corrected chi connectivity index (χ3v) is 5.57. The standard InChI is InChI=1S/C23H25NO/c1-16(22-8-4-6-18-5-2-3-7-23(18)22)24-20-12-9-19(15-20)17-10-13-21(25)14-11-17/h2-8,10-11,13-14,16,19-20,24-25H,9,12,15H2,1H3. The summed E-state index contributed by atoms with van der Waals surface area (Å²) in [5.41, 5.74) is 2.73. The number of hydrogen-bond acceptors (Lipinski definition) is 2. The minimum atomic E-state index is 0.342. The van der Waals surface area contributed by atoms with Gasteiger partial charge in [0.2, 0.25) is 0 Å². The molecule has 0 heterocycles. The van der Waals surface area contributed by atoms with E-state index in [0.717, 1.165) is 0 Å². The van der Waals surface area contributed by atoms with Gasteiger partial charge in [-0.15, -0.1) is 0 Å². The molecule has 0 aromatic heterocycles. The predicted molar refractivity (Wildman–Crippen MR) is 104 cm³/mol. The molecule has 3 atom stereocenters. The van der Waals surface area contributed by atoms with Crippen molar-refractivity contribution in [3.8, 4) is 5.75 Å². The molecule has 25 heavy (non-hydrogen) atoms. The summed E-state index contributed by atoms with van der Waals surface area (Å²) in [6.07, 6.45) is 3.59. The largest absolute Gasteiger partial charge is 0.508 e. The Morgan fingerprint density at radius 1 is 0.920 bits per heavy atom. The molecule has 1 aliphatic rings. The lowest BCUT2D eigenvalue weighted by Gasteiger charge is -2.21. The second-order valence-corrected chi connectivity index (χ2v) is 7.26. The van der Waals surface area contributed by atoms with Crippen molar-refractivity contribution < 1.29 is 5.11 Å². The fraction of sp³-hybridized carbons (Fsp3) is 0.304. The molecule has 0 amide bonds. The third-order valence-electron chi connectivity index (χ3n) is 5.57. The lowest BCUT2D eigenvalue weighted by Crippen LogP contribution is -2.29. The van der Waals surface area contributed by atoms with Crippen LogP contribution in [0.5, 0.6) is 5.75 Å². The van der Waals surface area contributed by atoms with E-state index in [0.29, 0.717) is 23.8 Å². The molecule has 0 radical (unpaired) electrons. The van der Waals surface area contributed by atoms with Crippen molar-refractivity contribution in [2.24, 2.45) is 0 Å². The van der Waals surface area contributed by atoms with Crippen LogP contribution in [-0.2, 0) is 0 Å². The van der Waals surface area contributed by atoms with E-state index in [1.54, 1.807) is 12.1 Å². The average Bonchev–Trinajstić information content (AvgIpc) is 3.10. The maximum atomic E-state index is 9.47. The van der Waals surface area contributed by atoms with E-state index in [-0.39, 0.29) is 0 Å². The topological polar surface area (TPSA) is 32.3 Å². The van der Waals surface area contributed by atoms with Gasteiger partial charge in [-0.3, -0.25) is 0 Å². The monoisotopic (exact) mass is 331 g/mol. The van der Waals surface area contributed by atoms with Gasteiger partial charge in [0.05, 0.1) is 0 Å². The van der Waals surface area contributed by atoms with E-state index >= 15 is 0 Å². The zero-order chi connectivity index (χ0) is 17.2. The van der Waals surface area contributed by atoms with Crippen molar-refractivity contribution in [3.63, 3.8) is 0 Å². The Labute approximate surface area is 149 Å². The molecule has 3 aromatic rings. The number of rotatable bonds is 4. The second-order valence-electron chi connectivity index (χ2n) is 7.26. The average molecular weight is 331 g/mol. The van der Waals surface area contributed by atoms with Crippen LogP contribution in [-0.4, -0.2) is 11.1 Å². The molecule has 2 N–H and O–H groups in total. The van der Waals surface area contributed by atoms with E-state index in [1.807, 2.05) is 0 Å². The Bertz CT molecular complexity index is 850. The Balaban J connectivity index is 1.46. The molecule has 0 bridgehead atoms. The molecular formula is C23H25NO. The van der Waals surface area contributed by atoms with Crippen molar-refractivity contribution in [2.75, 3.05) is 0 Å². The van der Waals surface area contributed by atoms with E-state index in [2.05, 4.69) is 66.8 Å². The summed E-state index contributed by atoms with van der Waals surface area (Å²) < 4.78 is 0. The molecule has 0 saturated heterocycles. The van der Waals surface area contributed by atoms with Crippen LogP contribution < -0.4 is 5.32 Å². The fourth-order valence-electron chi connectivity index (χ4n) is 4.25. The Morgan fingerprint density at radius 3 is 2.52 bits per heavy atom. The molecule has 4 rings (SSSR count). The molecule has 0 spiro atoms. The summed E-state index contributed by atoms with van der Waals surface area (Å²) in [6.45, 7) is 2.27. The predicted octanol–water partition coefficient (Wildman–Crippen LogP) is 5.53. The van der Waals surface area contributed by atoms with E-state index < -0.39 is 0 Å². The Kier molecular flexibility index (Phi) is 4.46. The van der Waals surface area contributed by atoms with Gasteiger partial charge in [0.15, 0.2) is 0 Å². The molecule has 3 unspecified atom stereocenters. The van der Waals surface area contributed by atoms with Crippen LogP contribution in [0.15, 0.2) is 66.7 Å². The van der Waals surface area contributed by atoms with Crippen LogP contribution in [0.1, 0.15) is 49.3 Å². The van der Waals surface area contributed by atoms with Gasteiger partial charge in [0.25, 0.3) is 0 Å². The SMILES string of the molecule is CC(NC1CCC(c2ccc(O)cc2)C1)c1cccc2ccccc12. The van der Waals surface area contributed by atoms with E-state index in [1.165, 1.54) is 41.2 Å². The lowest BCUT2D eigenvalue weighted by atomic mass is 9.96. The van der Waals surface area contributed by atoms with Gasteiger partial charge in [-0.05, 0) is 66.1 Å². The molecule has 3 aromatic carbocycles. The molecule has 1 saturated carbocycles. The summed E-state index contributed by atoms with van der Waals surface area (Å²) >= 11 is 0. The van der Waals surface area contributed by atoms with Crippen LogP contribution in [0, 0.1) is 0 Å². The first-order valence-electron chi connectivity index (χ1n) is 9.23. The number of nitrogens with one attached hydrogen (secondary N) is 1. The number of aromatic hydroxyl groups is 1. The summed E-state index contributed by atoms with van der Waals surface area (Å²) in [4.78, 5) is 0. The fourth-order valence-corrected chi connectivity index (χ4v) is 4.25. The highest BCUT2D eigenvalue weighted by Gasteiger charge is 2.27. The molecule has 1 fully saturated rings. The van der Waals surface area contributed by atoms with Crippen molar-refractivity contribution in [2.45, 2.75) is 44.2 Å². The smallest absolute Gasteiger partial charge is 0.115 e. The van der Waals surface area contributed by atoms with Crippen LogP contribution >= 0.6 is 0 Å². The highest BCUT2D eigenvalue weighted by molar-refractivity contribution is 5.86. The normalized spacial score (nSPS) is 21.5. The zero-order valence-electron chi connectivity index (χ0n) is 14.7. The van der Waals surface area contributed by atoms with Gasteiger partial charge in [-0.1, -0.05) is 54.6 Å². The first kappa shape index (κ1) is 16.2. The van der Waals surface area contributed by atoms with Gasteiger partial charge in [0.1, 0.15) is 5.75 Å². The first-order chi connectivity index (χ1) is 12.2. The van der Waals surface area contributed by atoms with Crippen molar-refractivity contribution >= 4 is 10.8 Å². The van der Waals surface area contributed by atoms with Crippen molar-refractivity contribution in [3.05, 3.63) is 77.9 Å².